The summed E-state index contributed by atoms with van der Waals surface area (Å²) in [5.41, 5.74) is 1.32. The van der Waals surface area contributed by atoms with Crippen LogP contribution in [-0.2, 0) is 26.0 Å². The first-order chi connectivity index (χ1) is 17.2. The highest BCUT2D eigenvalue weighted by molar-refractivity contribution is 7.92. The van der Waals surface area contributed by atoms with Gasteiger partial charge in [-0.25, -0.2) is 8.42 Å². The van der Waals surface area contributed by atoms with E-state index in [9.17, 15) is 18.0 Å². The maximum Gasteiger partial charge on any atom is 0.244 e. The zero-order valence-corrected chi connectivity index (χ0v) is 22.6. The van der Waals surface area contributed by atoms with Gasteiger partial charge in [-0.05, 0) is 43.9 Å². The first-order valence-electron chi connectivity index (χ1n) is 12.5. The predicted molar refractivity (Wildman–Crippen MR) is 144 cm³/mol. The number of anilines is 1. The van der Waals surface area contributed by atoms with Crippen molar-refractivity contribution < 1.29 is 22.7 Å². The molecule has 0 aromatic heterocycles. The van der Waals surface area contributed by atoms with Crippen molar-refractivity contribution in [1.82, 2.24) is 10.2 Å². The van der Waals surface area contributed by atoms with Crippen LogP contribution in [0, 0.1) is 0 Å². The Bertz CT molecular complexity index is 1080. The molecule has 0 radical (unpaired) electrons. The average Bonchev–Trinajstić information content (AvgIpc) is 2.85. The summed E-state index contributed by atoms with van der Waals surface area (Å²) in [7, 11) is -3.82. The van der Waals surface area contributed by atoms with E-state index < -0.39 is 28.5 Å². The fourth-order valence-corrected chi connectivity index (χ4v) is 4.79. The number of nitrogens with one attached hydrogen (secondary N) is 1. The fourth-order valence-electron chi connectivity index (χ4n) is 3.94. The second-order valence-electron chi connectivity index (χ2n) is 8.56. The number of para-hydroxylation sites is 2. The first-order valence-corrected chi connectivity index (χ1v) is 14.4. The van der Waals surface area contributed by atoms with Gasteiger partial charge in [0, 0.05) is 13.1 Å². The van der Waals surface area contributed by atoms with Gasteiger partial charge in [-0.15, -0.1) is 0 Å². The predicted octanol–water partition coefficient (Wildman–Crippen LogP) is 3.62. The number of amides is 2. The second-order valence-corrected chi connectivity index (χ2v) is 10.5. The van der Waals surface area contributed by atoms with Crippen LogP contribution >= 0.6 is 0 Å². The molecule has 8 nitrogen and oxygen atoms in total. The lowest BCUT2D eigenvalue weighted by atomic mass is 10.1. The number of sulfonamides is 1. The van der Waals surface area contributed by atoms with Gasteiger partial charge in [0.15, 0.2) is 0 Å². The van der Waals surface area contributed by atoms with Crippen molar-refractivity contribution in [2.24, 2.45) is 0 Å². The maximum absolute atomic E-state index is 13.7. The minimum atomic E-state index is -3.82. The number of unbranched alkanes of at least 4 members (excludes halogenated alkanes) is 1. The third-order valence-electron chi connectivity index (χ3n) is 5.81. The highest BCUT2D eigenvalue weighted by Crippen LogP contribution is 2.30. The van der Waals surface area contributed by atoms with Crippen LogP contribution in [0.15, 0.2) is 54.6 Å². The van der Waals surface area contributed by atoms with Crippen molar-refractivity contribution in [2.45, 2.75) is 52.5 Å². The SMILES string of the molecule is CCCCNC(=O)[C@H](CC)N(CCc1ccccc1)C(=O)CN(c1ccccc1OCC)S(C)(=O)=O. The van der Waals surface area contributed by atoms with Crippen LogP contribution in [0.25, 0.3) is 0 Å². The van der Waals surface area contributed by atoms with E-state index in [1.807, 2.05) is 44.2 Å². The van der Waals surface area contributed by atoms with Crippen LogP contribution in [0.2, 0.25) is 0 Å². The van der Waals surface area contributed by atoms with E-state index in [1.54, 1.807) is 31.2 Å². The Hall–Kier alpha value is -3.07. The molecule has 2 aromatic carbocycles. The van der Waals surface area contributed by atoms with Gasteiger partial charge in [0.2, 0.25) is 21.8 Å². The van der Waals surface area contributed by atoms with Crippen molar-refractivity contribution in [3.05, 3.63) is 60.2 Å². The molecule has 0 unspecified atom stereocenters. The molecule has 2 aromatic rings. The summed E-state index contributed by atoms with van der Waals surface area (Å²) in [6.07, 6.45) is 3.80. The molecule has 0 saturated carbocycles. The maximum atomic E-state index is 13.7. The number of rotatable bonds is 15. The molecule has 9 heteroatoms. The van der Waals surface area contributed by atoms with Crippen LogP contribution in [-0.4, -0.2) is 63.7 Å². The third kappa shape index (κ3) is 8.55. The van der Waals surface area contributed by atoms with Gasteiger partial charge in [-0.2, -0.15) is 0 Å². The van der Waals surface area contributed by atoms with Gasteiger partial charge in [-0.3, -0.25) is 13.9 Å². The molecule has 0 spiro atoms. The Balaban J connectivity index is 2.37. The molecule has 0 aliphatic carbocycles. The molecule has 36 heavy (non-hydrogen) atoms. The summed E-state index contributed by atoms with van der Waals surface area (Å²) < 4.78 is 32.3. The van der Waals surface area contributed by atoms with E-state index in [1.165, 1.54) is 4.90 Å². The molecule has 0 saturated heterocycles. The van der Waals surface area contributed by atoms with Crippen LogP contribution in [0.4, 0.5) is 5.69 Å². The minimum absolute atomic E-state index is 0.229. The van der Waals surface area contributed by atoms with E-state index in [0.29, 0.717) is 37.4 Å². The van der Waals surface area contributed by atoms with Crippen LogP contribution in [0.1, 0.15) is 45.6 Å². The number of hydrogen-bond acceptors (Lipinski definition) is 5. The van der Waals surface area contributed by atoms with E-state index in [-0.39, 0.29) is 12.5 Å². The lowest BCUT2D eigenvalue weighted by Gasteiger charge is -2.33. The van der Waals surface area contributed by atoms with Crippen molar-refractivity contribution in [3.63, 3.8) is 0 Å². The Labute approximate surface area is 215 Å². The molecule has 198 valence electrons. The molecule has 2 rings (SSSR count). The fraction of sp³-hybridized carbons (Fsp3) is 0.481. The van der Waals surface area contributed by atoms with Gasteiger partial charge >= 0.3 is 0 Å². The minimum Gasteiger partial charge on any atom is -0.492 e. The molecule has 1 atom stereocenters. The summed E-state index contributed by atoms with van der Waals surface area (Å²) in [6.45, 7) is 6.43. The quantitative estimate of drug-likeness (QED) is 0.364. The smallest absolute Gasteiger partial charge is 0.244 e. The van der Waals surface area contributed by atoms with Crippen molar-refractivity contribution in [1.29, 1.82) is 0 Å². The highest BCUT2D eigenvalue weighted by atomic mass is 32.2. The summed E-state index contributed by atoms with van der Waals surface area (Å²) >= 11 is 0. The topological polar surface area (TPSA) is 96.0 Å². The number of nitrogens with zero attached hydrogens (tertiary/aromatic N) is 2. The third-order valence-corrected chi connectivity index (χ3v) is 6.94. The number of carbonyl (C=O) groups is 2. The summed E-state index contributed by atoms with van der Waals surface area (Å²) in [4.78, 5) is 28.2. The van der Waals surface area contributed by atoms with E-state index in [4.69, 9.17) is 4.74 Å². The van der Waals surface area contributed by atoms with Crippen LogP contribution < -0.4 is 14.4 Å². The zero-order chi connectivity index (χ0) is 26.6. The Morgan fingerprint density at radius 1 is 1.00 bits per heavy atom. The van der Waals surface area contributed by atoms with E-state index >= 15 is 0 Å². The van der Waals surface area contributed by atoms with E-state index in [0.717, 1.165) is 29.0 Å². The molecular weight excluding hydrogens is 478 g/mol. The van der Waals surface area contributed by atoms with Gasteiger partial charge in [0.05, 0.1) is 18.6 Å². The van der Waals surface area contributed by atoms with Gasteiger partial charge in [-0.1, -0.05) is 62.7 Å². The standard InChI is InChI=1S/C27H39N3O5S/c1-5-8-19-28-27(32)23(6-2)29(20-18-22-14-10-9-11-15-22)26(31)21-30(36(4,33)34)24-16-12-13-17-25(24)35-7-3/h9-17,23H,5-8,18-21H2,1-4H3,(H,28,32)/t23-/m0/s1. The van der Waals surface area contributed by atoms with Crippen molar-refractivity contribution >= 4 is 27.5 Å². The Morgan fingerprint density at radius 2 is 1.67 bits per heavy atom. The average molecular weight is 518 g/mol. The van der Waals surface area contributed by atoms with E-state index in [2.05, 4.69) is 5.32 Å². The molecule has 1 N–H and O–H groups in total. The number of ether oxygens (including phenoxy) is 1. The van der Waals surface area contributed by atoms with Crippen LogP contribution in [0.5, 0.6) is 5.75 Å². The Morgan fingerprint density at radius 3 is 2.28 bits per heavy atom. The number of hydrogen-bond donors (Lipinski definition) is 1. The molecule has 0 aliphatic rings. The summed E-state index contributed by atoms with van der Waals surface area (Å²) in [5.74, 6) is -0.299. The van der Waals surface area contributed by atoms with Gasteiger partial charge in [0.1, 0.15) is 18.3 Å². The number of benzene rings is 2. The summed E-state index contributed by atoms with van der Waals surface area (Å²) in [6, 6.07) is 15.7. The molecular formula is C27H39N3O5S. The zero-order valence-electron chi connectivity index (χ0n) is 21.8. The number of carbonyl (C=O) groups excluding carboxylic acids is 2. The largest absolute Gasteiger partial charge is 0.492 e. The van der Waals surface area contributed by atoms with Crippen LogP contribution in [0.3, 0.4) is 0 Å². The molecule has 2 amide bonds. The molecule has 0 heterocycles. The van der Waals surface area contributed by atoms with Crippen molar-refractivity contribution in [3.8, 4) is 5.75 Å². The van der Waals surface area contributed by atoms with Gasteiger partial charge < -0.3 is 15.0 Å². The first kappa shape index (κ1) is 29.2. The lowest BCUT2D eigenvalue weighted by Crippen LogP contribution is -2.53. The summed E-state index contributed by atoms with van der Waals surface area (Å²) in [5, 5.41) is 2.92. The second kappa shape index (κ2) is 14.5. The van der Waals surface area contributed by atoms with Crippen molar-refractivity contribution in [2.75, 3.05) is 36.8 Å². The lowest BCUT2D eigenvalue weighted by molar-refractivity contribution is -0.139. The van der Waals surface area contributed by atoms with Gasteiger partial charge in [0.25, 0.3) is 0 Å². The molecule has 0 bridgehead atoms. The monoisotopic (exact) mass is 517 g/mol. The highest BCUT2D eigenvalue weighted by Gasteiger charge is 2.32. The normalized spacial score (nSPS) is 12.0. The molecule has 0 aliphatic heterocycles. The molecule has 0 fully saturated rings. The Kier molecular flexibility index (Phi) is 11.7.